The van der Waals surface area contributed by atoms with E-state index in [2.05, 4.69) is 10.3 Å². The minimum Gasteiger partial charge on any atom is -0.442 e. The van der Waals surface area contributed by atoms with Crippen molar-refractivity contribution in [3.05, 3.63) is 34.9 Å². The Labute approximate surface area is 203 Å². The van der Waals surface area contributed by atoms with Gasteiger partial charge in [0.05, 0.1) is 5.56 Å². The van der Waals surface area contributed by atoms with Crippen LogP contribution in [-0.2, 0) is 15.7 Å². The minimum absolute atomic E-state index is 0.00662. The third-order valence-corrected chi connectivity index (χ3v) is 5.34. The second kappa shape index (κ2) is 11.1. The molecule has 8 nitrogen and oxygen atoms in total. The molecule has 35 heavy (non-hydrogen) atoms. The van der Waals surface area contributed by atoms with E-state index in [1.807, 2.05) is 13.8 Å². The predicted octanol–water partition coefficient (Wildman–Crippen LogP) is 4.44. The molecule has 1 aromatic carbocycles. The second-order valence-corrected chi connectivity index (χ2v) is 9.98. The largest absolute Gasteiger partial charge is 0.442 e. The zero-order valence-corrected chi connectivity index (χ0v) is 20.7. The highest BCUT2D eigenvalue weighted by atomic mass is 19.4. The molecule has 3 N–H and O–H groups in total. The molecule has 0 unspecified atom stereocenters. The third-order valence-electron chi connectivity index (χ3n) is 5.34. The number of aliphatic imine (C=N–C) groups is 1. The van der Waals surface area contributed by atoms with E-state index in [0.717, 1.165) is 6.07 Å². The van der Waals surface area contributed by atoms with Crippen LogP contribution in [0.25, 0.3) is 0 Å². The molecule has 1 aromatic rings. The summed E-state index contributed by atoms with van der Waals surface area (Å²) in [6, 6.07) is 3.33. The Morgan fingerprint density at radius 3 is 2.29 bits per heavy atom. The lowest BCUT2D eigenvalue weighted by Crippen LogP contribution is -2.39. The lowest BCUT2D eigenvalue weighted by Gasteiger charge is -2.33. The van der Waals surface area contributed by atoms with Crippen LogP contribution in [0.3, 0.4) is 0 Å². The van der Waals surface area contributed by atoms with Crippen molar-refractivity contribution in [3.8, 4) is 0 Å². The van der Waals surface area contributed by atoms with Crippen molar-refractivity contribution in [2.75, 3.05) is 13.1 Å². The molecule has 1 fully saturated rings. The van der Waals surface area contributed by atoms with Gasteiger partial charge in [0.15, 0.2) is 0 Å². The number of halogens is 3. The molecule has 1 aliphatic rings. The fourth-order valence-corrected chi connectivity index (χ4v) is 3.82. The van der Waals surface area contributed by atoms with Crippen molar-refractivity contribution in [3.63, 3.8) is 0 Å². The average Bonchev–Trinajstić information content (AvgIpc) is 2.70. The normalized spacial score (nSPS) is 15.8. The molecule has 0 aromatic heterocycles. The van der Waals surface area contributed by atoms with Gasteiger partial charge in [0.1, 0.15) is 5.60 Å². The first-order valence-electron chi connectivity index (χ1n) is 11.4. The summed E-state index contributed by atoms with van der Waals surface area (Å²) >= 11 is 0. The van der Waals surface area contributed by atoms with Gasteiger partial charge in [-0.1, -0.05) is 19.9 Å². The number of piperidine rings is 1. The number of amides is 3. The van der Waals surface area contributed by atoms with Gasteiger partial charge in [-0.3, -0.25) is 14.9 Å². The van der Waals surface area contributed by atoms with Crippen LogP contribution in [0, 0.1) is 5.92 Å². The number of ether oxygens (including phenoxy) is 1. The van der Waals surface area contributed by atoms with Crippen molar-refractivity contribution >= 4 is 23.9 Å². The van der Waals surface area contributed by atoms with Gasteiger partial charge in [-0.25, -0.2) is 4.79 Å². The summed E-state index contributed by atoms with van der Waals surface area (Å²) in [5.41, 5.74) is 3.58. The molecule has 0 atom stereocenters. The van der Waals surface area contributed by atoms with Crippen LogP contribution >= 0.6 is 0 Å². The number of alkyl halides is 3. The number of hydrogen-bond donors (Lipinski definition) is 2. The van der Waals surface area contributed by atoms with E-state index in [0.29, 0.717) is 32.4 Å². The molecule has 0 radical (unpaired) electrons. The summed E-state index contributed by atoms with van der Waals surface area (Å²) in [5.74, 6) is -1.72. The van der Waals surface area contributed by atoms with E-state index in [-0.39, 0.29) is 23.0 Å². The Morgan fingerprint density at radius 2 is 1.77 bits per heavy atom. The number of guanidine groups is 1. The van der Waals surface area contributed by atoms with Crippen molar-refractivity contribution in [1.29, 1.82) is 0 Å². The van der Waals surface area contributed by atoms with Crippen LogP contribution in [0.5, 0.6) is 0 Å². The summed E-state index contributed by atoms with van der Waals surface area (Å²) in [6.45, 7) is 9.49. The molecule has 3 amide bonds. The smallest absolute Gasteiger partial charge is 0.437 e. The van der Waals surface area contributed by atoms with Crippen molar-refractivity contribution < 1.29 is 32.3 Å². The maximum atomic E-state index is 13.9. The standard InChI is InChI=1S/C24H33F3N4O4/c1-14(2)12-19(32)31-10-8-15(9-11-31)17-7-6-16(13-18(17)24(25,26)27)20(33)29-21(28)30-22(34)35-23(3,4)5/h6-7,13-15H,8-12H2,1-5H3,(H3,28,29,30,33,34). The zero-order chi connectivity index (χ0) is 26.6. The zero-order valence-electron chi connectivity index (χ0n) is 20.7. The Bertz CT molecular complexity index is 976. The minimum atomic E-state index is -4.69. The van der Waals surface area contributed by atoms with Gasteiger partial charge in [0.2, 0.25) is 11.9 Å². The molecule has 11 heteroatoms. The number of carbonyl (C=O) groups is 3. The second-order valence-electron chi connectivity index (χ2n) is 9.98. The molecule has 1 heterocycles. The highest BCUT2D eigenvalue weighted by Crippen LogP contribution is 2.39. The summed E-state index contributed by atoms with van der Waals surface area (Å²) in [4.78, 5) is 41.5. The van der Waals surface area contributed by atoms with E-state index in [1.54, 1.807) is 25.7 Å². The van der Waals surface area contributed by atoms with E-state index < -0.39 is 41.2 Å². The third kappa shape index (κ3) is 8.56. The summed E-state index contributed by atoms with van der Waals surface area (Å²) in [7, 11) is 0. The maximum absolute atomic E-state index is 13.9. The van der Waals surface area contributed by atoms with E-state index in [1.165, 1.54) is 12.1 Å². The van der Waals surface area contributed by atoms with Crippen molar-refractivity contribution in [2.45, 2.75) is 71.6 Å². The van der Waals surface area contributed by atoms with Gasteiger partial charge in [0, 0.05) is 25.1 Å². The summed E-state index contributed by atoms with van der Waals surface area (Å²) in [6.07, 6.45) is -4.53. The molecule has 2 rings (SSSR count). The number of rotatable bonds is 4. The van der Waals surface area contributed by atoms with Crippen LogP contribution in [-0.4, -0.2) is 47.5 Å². The molecular formula is C24H33F3N4O4. The first-order chi connectivity index (χ1) is 16.1. The highest BCUT2D eigenvalue weighted by Gasteiger charge is 2.37. The van der Waals surface area contributed by atoms with Crippen LogP contribution in [0.15, 0.2) is 23.2 Å². The summed E-state index contributed by atoms with van der Waals surface area (Å²) < 4.78 is 46.6. The fourth-order valence-electron chi connectivity index (χ4n) is 3.82. The number of hydrogen-bond acceptors (Lipinski definition) is 4. The lowest BCUT2D eigenvalue weighted by molar-refractivity contribution is -0.139. The molecule has 1 saturated heterocycles. The van der Waals surface area contributed by atoms with Crippen molar-refractivity contribution in [1.82, 2.24) is 10.2 Å². The van der Waals surface area contributed by atoms with E-state index in [4.69, 9.17) is 10.5 Å². The van der Waals surface area contributed by atoms with Crippen LogP contribution in [0.4, 0.5) is 18.0 Å². The van der Waals surface area contributed by atoms with Crippen LogP contribution in [0.2, 0.25) is 0 Å². The monoisotopic (exact) mass is 498 g/mol. The fraction of sp³-hybridized carbons (Fsp3) is 0.583. The van der Waals surface area contributed by atoms with Crippen LogP contribution in [0.1, 0.15) is 81.3 Å². The number of likely N-dealkylation sites (tertiary alicyclic amines) is 1. The van der Waals surface area contributed by atoms with E-state index in [9.17, 15) is 27.6 Å². The predicted molar refractivity (Wildman–Crippen MR) is 125 cm³/mol. The van der Waals surface area contributed by atoms with Crippen molar-refractivity contribution in [2.24, 2.45) is 16.6 Å². The van der Waals surface area contributed by atoms with Gasteiger partial charge in [-0.05, 0) is 63.1 Å². The molecule has 0 bridgehead atoms. The Morgan fingerprint density at radius 1 is 1.17 bits per heavy atom. The number of carbonyl (C=O) groups excluding carboxylic acids is 3. The Hall–Kier alpha value is -3.11. The number of nitrogens with two attached hydrogens (primary N) is 1. The maximum Gasteiger partial charge on any atom is 0.437 e. The van der Waals surface area contributed by atoms with Gasteiger partial charge in [-0.2, -0.15) is 13.2 Å². The number of benzene rings is 1. The molecule has 0 saturated carbocycles. The topological polar surface area (TPSA) is 114 Å². The summed E-state index contributed by atoms with van der Waals surface area (Å²) in [5, 5.41) is 2.10. The highest BCUT2D eigenvalue weighted by molar-refractivity contribution is 6.07. The average molecular weight is 499 g/mol. The van der Waals surface area contributed by atoms with Gasteiger partial charge < -0.3 is 15.4 Å². The first-order valence-corrected chi connectivity index (χ1v) is 11.4. The molecule has 1 aliphatic heterocycles. The van der Waals surface area contributed by atoms with Gasteiger partial charge in [0.25, 0.3) is 5.91 Å². The molecule has 0 aliphatic carbocycles. The molecule has 194 valence electrons. The van der Waals surface area contributed by atoms with Crippen LogP contribution < -0.4 is 11.1 Å². The Balaban J connectivity index is 2.17. The quantitative estimate of drug-likeness (QED) is 0.471. The molecular weight excluding hydrogens is 465 g/mol. The molecule has 0 spiro atoms. The Kier molecular flexibility index (Phi) is 8.91. The van der Waals surface area contributed by atoms with Gasteiger partial charge in [-0.15, -0.1) is 4.99 Å². The SMILES string of the molecule is CC(C)CC(=O)N1CCC(c2ccc(C(=O)N/C(N)=N\C(=O)OC(C)(C)C)cc2C(F)(F)F)CC1. The van der Waals surface area contributed by atoms with Gasteiger partial charge >= 0.3 is 12.3 Å². The van der Waals surface area contributed by atoms with E-state index >= 15 is 0 Å². The lowest BCUT2D eigenvalue weighted by atomic mass is 9.85. The first kappa shape index (κ1) is 28.1. The number of nitrogens with one attached hydrogen (secondary N) is 1. The number of nitrogens with zero attached hydrogens (tertiary/aromatic N) is 2.